The minimum Gasteiger partial charge on any atom is -1.00 e. The average molecular weight is 221 g/mol. The molecule has 0 unspecified atom stereocenters. The molecule has 0 heterocycles. The normalized spacial score (nSPS) is 9.80. The van der Waals surface area contributed by atoms with Gasteiger partial charge in [0, 0.05) is 12.7 Å². The van der Waals surface area contributed by atoms with Crippen molar-refractivity contribution in [2.45, 2.75) is 13.3 Å². The third-order valence-electron chi connectivity index (χ3n) is 1.34. The Bertz CT molecular complexity index is 278. The molecular weight excluding hydrogens is 205 g/mol. The first kappa shape index (κ1) is 16.7. The molecule has 0 aliphatic carbocycles. The molecule has 0 saturated heterocycles. The predicted octanol–water partition coefficient (Wildman–Crippen LogP) is -2.49. The summed E-state index contributed by atoms with van der Waals surface area (Å²) >= 11 is 0. The molecule has 0 atom stereocenters. The Morgan fingerprint density at radius 2 is 2.40 bits per heavy atom. The first-order valence-corrected chi connectivity index (χ1v) is 4.26. The maximum atomic E-state index is 10.4. The van der Waals surface area contributed by atoms with E-state index in [0.29, 0.717) is 6.54 Å². The van der Waals surface area contributed by atoms with E-state index in [9.17, 15) is 4.79 Å². The molecule has 0 rings (SSSR count). The maximum absolute atomic E-state index is 10.4. The summed E-state index contributed by atoms with van der Waals surface area (Å²) in [4.78, 5) is 15.7. The van der Waals surface area contributed by atoms with E-state index in [0.717, 1.165) is 6.42 Å². The van der Waals surface area contributed by atoms with Gasteiger partial charge in [0.15, 0.2) is 5.96 Å². The molecule has 0 aliphatic heterocycles. The van der Waals surface area contributed by atoms with E-state index in [1.807, 2.05) is 6.92 Å². The quantitative estimate of drug-likeness (QED) is 0.233. The minimum atomic E-state index is -0.980. The van der Waals surface area contributed by atoms with Crippen LogP contribution in [0.2, 0.25) is 0 Å². The molecule has 0 aromatic carbocycles. The van der Waals surface area contributed by atoms with Crippen molar-refractivity contribution in [2.24, 2.45) is 10.7 Å². The second-order valence-electron chi connectivity index (χ2n) is 2.59. The van der Waals surface area contributed by atoms with Gasteiger partial charge in [-0.1, -0.05) is 13.5 Å². The summed E-state index contributed by atoms with van der Waals surface area (Å²) in [6.07, 6.45) is 2.22. The number of hydrogen-bond acceptors (Lipinski definition) is 2. The van der Waals surface area contributed by atoms with Gasteiger partial charge in [0.1, 0.15) is 6.54 Å². The van der Waals surface area contributed by atoms with Gasteiger partial charge in [0.05, 0.1) is 0 Å². The Labute approximate surface area is 113 Å². The topological polar surface area (TPSA) is 78.9 Å². The Morgan fingerprint density at radius 1 is 1.80 bits per heavy atom. The van der Waals surface area contributed by atoms with E-state index in [2.05, 4.69) is 17.3 Å². The molecule has 0 bridgehead atoms. The monoisotopic (exact) mass is 221 g/mol. The summed E-state index contributed by atoms with van der Waals surface area (Å²) in [5, 5.41) is 8.56. The molecule has 6 heteroatoms. The summed E-state index contributed by atoms with van der Waals surface area (Å²) in [6.45, 7) is 5.65. The molecule has 0 spiro atoms. The van der Waals surface area contributed by atoms with Gasteiger partial charge < -0.3 is 17.2 Å². The van der Waals surface area contributed by atoms with Crippen LogP contribution in [0.4, 0.5) is 0 Å². The van der Waals surface area contributed by atoms with Gasteiger partial charge in [-0.3, -0.25) is 9.79 Å². The maximum Gasteiger partial charge on any atom is 1.00 e. The van der Waals surface area contributed by atoms with E-state index in [4.69, 9.17) is 10.8 Å². The van der Waals surface area contributed by atoms with Gasteiger partial charge >= 0.3 is 35.5 Å². The van der Waals surface area contributed by atoms with Crippen LogP contribution in [0, 0.1) is 0 Å². The smallest absolute Gasteiger partial charge is 1.00 e. The van der Waals surface area contributed by atoms with E-state index in [-0.39, 0.29) is 43.5 Å². The number of hydrogen-bond donors (Lipinski definition) is 2. The molecule has 0 saturated carbocycles. The van der Waals surface area contributed by atoms with Gasteiger partial charge in [-0.05, 0) is 6.42 Å². The molecule has 0 aromatic heterocycles. The Hall–Kier alpha value is -0.740. The molecule has 80 valence electrons. The van der Waals surface area contributed by atoms with E-state index >= 15 is 0 Å². The van der Waals surface area contributed by atoms with Crippen LogP contribution in [-0.2, 0) is 4.79 Å². The van der Waals surface area contributed by atoms with Gasteiger partial charge in [-0.25, -0.2) is 0 Å². The zero-order valence-corrected chi connectivity index (χ0v) is 11.2. The predicted molar refractivity (Wildman–Crippen MR) is 55.9 cm³/mol. The number of guanidine groups is 1. The van der Waals surface area contributed by atoms with Gasteiger partial charge in [-0.2, -0.15) is 0 Å². The molecule has 0 radical (unpaired) electrons. The Balaban J connectivity index is -0.000000845. The summed E-state index contributed by atoms with van der Waals surface area (Å²) in [6, 6.07) is 0. The first-order chi connectivity index (χ1) is 6.61. The van der Waals surface area contributed by atoms with Crippen molar-refractivity contribution in [3.63, 3.8) is 0 Å². The fraction of sp³-hybridized carbons (Fsp3) is 0.444. The van der Waals surface area contributed by atoms with Crippen molar-refractivity contribution in [1.82, 2.24) is 4.90 Å². The first-order valence-electron chi connectivity index (χ1n) is 4.26. The summed E-state index contributed by atoms with van der Waals surface area (Å²) in [5.41, 5.74) is 8.01. The van der Waals surface area contributed by atoms with Crippen LogP contribution in [0.1, 0.15) is 14.8 Å². The largest absolute Gasteiger partial charge is 1.00 e. The van der Waals surface area contributed by atoms with Crippen molar-refractivity contribution in [2.75, 3.05) is 13.1 Å². The third-order valence-corrected chi connectivity index (χ3v) is 1.34. The fourth-order valence-corrected chi connectivity index (χ4v) is 0.766. The molecule has 5 nitrogen and oxygen atoms in total. The molecule has 15 heavy (non-hydrogen) atoms. The van der Waals surface area contributed by atoms with Gasteiger partial charge in [0.2, 0.25) is 0 Å². The number of nitrogens with two attached hydrogens (primary N) is 1. The van der Waals surface area contributed by atoms with Crippen LogP contribution in [-0.4, -0.2) is 35.0 Å². The Morgan fingerprint density at radius 3 is 2.80 bits per heavy atom. The molecule has 0 amide bonds. The molecule has 3 N–H and O–H groups in total. The summed E-state index contributed by atoms with van der Waals surface area (Å²) in [5.74, 6) is -0.809. The van der Waals surface area contributed by atoms with Crippen molar-refractivity contribution < 1.29 is 40.9 Å². The van der Waals surface area contributed by atoms with Crippen molar-refractivity contribution in [1.29, 1.82) is 0 Å². The number of aliphatic carboxylic acids is 1. The second-order valence-corrected chi connectivity index (χ2v) is 2.59. The zero-order chi connectivity index (χ0) is 11.0. The van der Waals surface area contributed by atoms with Gasteiger partial charge in [-0.15, -0.1) is 5.73 Å². The van der Waals surface area contributed by atoms with Crippen LogP contribution in [0.5, 0.6) is 0 Å². The van der Waals surface area contributed by atoms with Crippen molar-refractivity contribution in [3.05, 3.63) is 18.5 Å². The third kappa shape index (κ3) is 8.27. The van der Waals surface area contributed by atoms with E-state index < -0.39 is 5.97 Å². The van der Waals surface area contributed by atoms with Crippen LogP contribution in [0.15, 0.2) is 23.5 Å². The summed E-state index contributed by atoms with van der Waals surface area (Å²) < 4.78 is 0. The number of carboxylic acid groups (broad SMARTS) is 1. The van der Waals surface area contributed by atoms with Crippen LogP contribution in [0.25, 0.3) is 0 Å². The molecule has 0 fully saturated rings. The number of carbonyl (C=O) groups is 1. The van der Waals surface area contributed by atoms with Gasteiger partial charge in [0.25, 0.3) is 0 Å². The van der Waals surface area contributed by atoms with Crippen LogP contribution in [0.3, 0.4) is 0 Å². The summed E-state index contributed by atoms with van der Waals surface area (Å²) in [7, 11) is 0. The number of carboxylic acids is 1. The zero-order valence-electron chi connectivity index (χ0n) is 10.2. The number of aliphatic imine (C=N–C) groups is 1. The van der Waals surface area contributed by atoms with Crippen LogP contribution < -0.4 is 35.3 Å². The van der Waals surface area contributed by atoms with E-state index in [1.165, 1.54) is 11.1 Å². The second kappa shape index (κ2) is 9.80. The minimum absolute atomic E-state index is 0. The molecule has 0 aliphatic rings. The fourth-order valence-electron chi connectivity index (χ4n) is 0.766. The molecular formula is C9H16N3NaO2. The van der Waals surface area contributed by atoms with Crippen molar-refractivity contribution >= 4 is 11.9 Å². The molecule has 0 aromatic rings. The standard InChI is InChI=1S/C9H15N3O2.Na.H/c1-3-5-11-9(10)12(6-4-2)7-8(13)14;;/h6H,2-3,5,7H2,1H3,(H2,10,11)(H,13,14);;/q;+1;-1. The van der Waals surface area contributed by atoms with E-state index in [1.54, 1.807) is 0 Å². The number of rotatable bonds is 5. The SMILES string of the molecule is C=C=CN(CC(=O)O)C(N)=NCCC.[H-].[Na+]. The van der Waals surface area contributed by atoms with Crippen LogP contribution >= 0.6 is 0 Å². The number of nitrogens with zero attached hydrogens (tertiary/aromatic N) is 2. The average Bonchev–Trinajstić information content (AvgIpc) is 2.13. The Kier molecular flexibility index (Phi) is 10.9. The van der Waals surface area contributed by atoms with Crippen molar-refractivity contribution in [3.8, 4) is 0 Å².